The van der Waals surface area contributed by atoms with Crippen molar-refractivity contribution < 1.29 is 9.47 Å². The van der Waals surface area contributed by atoms with E-state index in [-0.39, 0.29) is 0 Å². The first-order valence-electron chi connectivity index (χ1n) is 6.66. The van der Waals surface area contributed by atoms with Crippen LogP contribution in [-0.4, -0.2) is 46.0 Å². The first-order valence-corrected chi connectivity index (χ1v) is 6.66. The van der Waals surface area contributed by atoms with Gasteiger partial charge in [-0.05, 0) is 31.2 Å². The largest absolute Gasteiger partial charge is 0.491 e. The van der Waals surface area contributed by atoms with Gasteiger partial charge in [0.1, 0.15) is 12.4 Å². The molecule has 0 saturated carbocycles. The molecular formula is C14H22N2O2. The molecule has 0 radical (unpaired) electrons. The fourth-order valence-corrected chi connectivity index (χ4v) is 2.04. The maximum atomic E-state index is 5.59. The van der Waals surface area contributed by atoms with Crippen molar-refractivity contribution in [2.45, 2.75) is 6.92 Å². The molecule has 0 atom stereocenters. The molecule has 0 unspecified atom stereocenters. The monoisotopic (exact) mass is 250 g/mol. The highest BCUT2D eigenvalue weighted by atomic mass is 16.5. The normalized spacial score (nSPS) is 15.7. The van der Waals surface area contributed by atoms with Gasteiger partial charge in [-0.25, -0.2) is 0 Å². The summed E-state index contributed by atoms with van der Waals surface area (Å²) in [5.74, 6) is 0.911. The maximum Gasteiger partial charge on any atom is 0.119 e. The highest BCUT2D eigenvalue weighted by Gasteiger charge is 2.09. The van der Waals surface area contributed by atoms with E-state index in [2.05, 4.69) is 22.3 Å². The molecule has 0 aromatic heterocycles. The zero-order valence-corrected chi connectivity index (χ0v) is 11.0. The number of piperazine rings is 1. The van der Waals surface area contributed by atoms with Crippen LogP contribution < -0.4 is 15.0 Å². The minimum absolute atomic E-state index is 0.612. The van der Waals surface area contributed by atoms with Crippen LogP contribution in [0.3, 0.4) is 0 Å². The molecule has 0 amide bonds. The number of nitrogens with zero attached hydrogens (tertiary/aromatic N) is 1. The van der Waals surface area contributed by atoms with Crippen molar-refractivity contribution in [3.63, 3.8) is 0 Å². The lowest BCUT2D eigenvalue weighted by Gasteiger charge is -2.29. The average molecular weight is 250 g/mol. The minimum atomic E-state index is 0.612. The summed E-state index contributed by atoms with van der Waals surface area (Å²) >= 11 is 0. The Labute approximate surface area is 109 Å². The molecule has 1 aromatic rings. The molecule has 18 heavy (non-hydrogen) atoms. The number of ether oxygens (including phenoxy) is 2. The second-order valence-electron chi connectivity index (χ2n) is 4.28. The van der Waals surface area contributed by atoms with Crippen molar-refractivity contribution in [3.05, 3.63) is 24.3 Å². The SMILES string of the molecule is CCOCCOc1ccc(N2CCNCC2)cc1. The van der Waals surface area contributed by atoms with Gasteiger partial charge in [-0.3, -0.25) is 0 Å². The van der Waals surface area contributed by atoms with Gasteiger partial charge >= 0.3 is 0 Å². The van der Waals surface area contributed by atoms with Crippen LogP contribution in [-0.2, 0) is 4.74 Å². The van der Waals surface area contributed by atoms with Gasteiger partial charge in [0.05, 0.1) is 6.61 Å². The van der Waals surface area contributed by atoms with Gasteiger partial charge in [-0.2, -0.15) is 0 Å². The Bertz CT molecular complexity index is 334. The standard InChI is InChI=1S/C14H22N2O2/c1-2-17-11-12-18-14-5-3-13(4-6-14)16-9-7-15-8-10-16/h3-6,15H,2,7-12H2,1H3. The van der Waals surface area contributed by atoms with E-state index in [1.54, 1.807) is 0 Å². The van der Waals surface area contributed by atoms with E-state index >= 15 is 0 Å². The van der Waals surface area contributed by atoms with Gasteiger partial charge in [0, 0.05) is 38.5 Å². The Hall–Kier alpha value is -1.26. The molecule has 0 spiro atoms. The zero-order chi connectivity index (χ0) is 12.6. The van der Waals surface area contributed by atoms with Gasteiger partial charge in [0.2, 0.25) is 0 Å². The van der Waals surface area contributed by atoms with Crippen molar-refractivity contribution in [3.8, 4) is 5.75 Å². The minimum Gasteiger partial charge on any atom is -0.491 e. The van der Waals surface area contributed by atoms with Gasteiger partial charge in [0.15, 0.2) is 0 Å². The third-order valence-electron chi connectivity index (χ3n) is 3.02. The molecule has 1 heterocycles. The van der Waals surface area contributed by atoms with Crippen molar-refractivity contribution >= 4 is 5.69 Å². The molecule has 1 saturated heterocycles. The Morgan fingerprint density at radius 2 is 1.83 bits per heavy atom. The Morgan fingerprint density at radius 1 is 1.11 bits per heavy atom. The van der Waals surface area contributed by atoms with Crippen LogP contribution in [0.25, 0.3) is 0 Å². The predicted octanol–water partition coefficient (Wildman–Crippen LogP) is 1.51. The highest BCUT2D eigenvalue weighted by molar-refractivity contribution is 5.49. The zero-order valence-electron chi connectivity index (χ0n) is 11.0. The summed E-state index contributed by atoms with van der Waals surface area (Å²) in [4.78, 5) is 2.39. The van der Waals surface area contributed by atoms with E-state index in [0.717, 1.165) is 38.5 Å². The summed E-state index contributed by atoms with van der Waals surface area (Å²) < 4.78 is 10.8. The summed E-state index contributed by atoms with van der Waals surface area (Å²) in [6.45, 7) is 8.26. The Balaban J connectivity index is 1.81. The summed E-state index contributed by atoms with van der Waals surface area (Å²) in [5.41, 5.74) is 1.27. The van der Waals surface area contributed by atoms with E-state index in [1.807, 2.05) is 19.1 Å². The Morgan fingerprint density at radius 3 is 2.50 bits per heavy atom. The quantitative estimate of drug-likeness (QED) is 0.776. The molecule has 0 aliphatic carbocycles. The summed E-state index contributed by atoms with van der Waals surface area (Å²) in [6, 6.07) is 8.31. The number of anilines is 1. The van der Waals surface area contributed by atoms with E-state index in [4.69, 9.17) is 9.47 Å². The number of hydrogen-bond acceptors (Lipinski definition) is 4. The third-order valence-corrected chi connectivity index (χ3v) is 3.02. The Kier molecular flexibility index (Phi) is 5.30. The average Bonchev–Trinajstić information content (AvgIpc) is 2.45. The van der Waals surface area contributed by atoms with Crippen LogP contribution in [0.4, 0.5) is 5.69 Å². The van der Waals surface area contributed by atoms with E-state index in [1.165, 1.54) is 5.69 Å². The fraction of sp³-hybridized carbons (Fsp3) is 0.571. The topological polar surface area (TPSA) is 33.7 Å². The fourth-order valence-electron chi connectivity index (χ4n) is 2.04. The van der Waals surface area contributed by atoms with Crippen molar-refractivity contribution in [2.75, 3.05) is 50.9 Å². The predicted molar refractivity (Wildman–Crippen MR) is 73.5 cm³/mol. The molecule has 4 heteroatoms. The lowest BCUT2D eigenvalue weighted by atomic mass is 10.2. The van der Waals surface area contributed by atoms with Gasteiger partial charge in [0.25, 0.3) is 0 Å². The maximum absolute atomic E-state index is 5.59. The van der Waals surface area contributed by atoms with E-state index < -0.39 is 0 Å². The molecule has 1 aromatic carbocycles. The van der Waals surface area contributed by atoms with Crippen LogP contribution in [0.1, 0.15) is 6.92 Å². The number of rotatable bonds is 6. The van der Waals surface area contributed by atoms with E-state index in [9.17, 15) is 0 Å². The number of benzene rings is 1. The third kappa shape index (κ3) is 3.89. The van der Waals surface area contributed by atoms with Crippen LogP contribution in [0.15, 0.2) is 24.3 Å². The lowest BCUT2D eigenvalue weighted by Crippen LogP contribution is -2.43. The molecular weight excluding hydrogens is 228 g/mol. The summed E-state index contributed by atoms with van der Waals surface area (Å²) in [5, 5.41) is 3.36. The molecule has 2 rings (SSSR count). The van der Waals surface area contributed by atoms with Crippen LogP contribution in [0, 0.1) is 0 Å². The summed E-state index contributed by atoms with van der Waals surface area (Å²) in [6.07, 6.45) is 0. The molecule has 4 nitrogen and oxygen atoms in total. The first kappa shape index (κ1) is 13.2. The molecule has 1 aliphatic rings. The van der Waals surface area contributed by atoms with Crippen molar-refractivity contribution in [1.82, 2.24) is 5.32 Å². The van der Waals surface area contributed by atoms with Gasteiger partial charge in [-0.15, -0.1) is 0 Å². The van der Waals surface area contributed by atoms with Crippen molar-refractivity contribution in [1.29, 1.82) is 0 Å². The molecule has 1 fully saturated rings. The van der Waals surface area contributed by atoms with Crippen LogP contribution in [0.5, 0.6) is 5.75 Å². The molecule has 100 valence electrons. The first-order chi connectivity index (χ1) is 8.90. The summed E-state index contributed by atoms with van der Waals surface area (Å²) in [7, 11) is 0. The second kappa shape index (κ2) is 7.24. The molecule has 0 bridgehead atoms. The van der Waals surface area contributed by atoms with Crippen molar-refractivity contribution in [2.24, 2.45) is 0 Å². The lowest BCUT2D eigenvalue weighted by molar-refractivity contribution is 0.110. The molecule has 1 aliphatic heterocycles. The van der Waals surface area contributed by atoms with Gasteiger partial charge in [-0.1, -0.05) is 0 Å². The van der Waals surface area contributed by atoms with Gasteiger partial charge < -0.3 is 19.7 Å². The molecule has 1 N–H and O–H groups in total. The highest BCUT2D eigenvalue weighted by Crippen LogP contribution is 2.19. The number of hydrogen-bond donors (Lipinski definition) is 1. The second-order valence-corrected chi connectivity index (χ2v) is 4.28. The van der Waals surface area contributed by atoms with Crippen LogP contribution >= 0.6 is 0 Å². The number of nitrogens with one attached hydrogen (secondary N) is 1. The van der Waals surface area contributed by atoms with Crippen LogP contribution in [0.2, 0.25) is 0 Å². The van der Waals surface area contributed by atoms with E-state index in [0.29, 0.717) is 13.2 Å². The smallest absolute Gasteiger partial charge is 0.119 e.